The number of aryl methyl sites for hydroxylation is 1. The van der Waals surface area contributed by atoms with E-state index in [1.807, 2.05) is 12.1 Å². The minimum Gasteiger partial charge on any atom is -0.493 e. The highest BCUT2D eigenvalue weighted by Crippen LogP contribution is 2.29. The molecule has 0 atom stereocenters. The minimum atomic E-state index is -0.418. The zero-order chi connectivity index (χ0) is 20.1. The van der Waals surface area contributed by atoms with Gasteiger partial charge in [0, 0.05) is 52.5 Å². The van der Waals surface area contributed by atoms with E-state index >= 15 is 0 Å². The number of carbonyl (C=O) groups excluding carboxylic acids is 1. The average molecular weight is 383 g/mol. The number of methoxy groups -OCH3 is 1. The molecule has 1 aliphatic rings. The van der Waals surface area contributed by atoms with Gasteiger partial charge in [-0.05, 0) is 36.2 Å². The quantitative estimate of drug-likeness (QED) is 0.792. The smallest absolute Gasteiger partial charge is 0.414 e. The number of piperazine rings is 1. The molecule has 150 valence electrons. The van der Waals surface area contributed by atoms with Crippen molar-refractivity contribution in [3.63, 3.8) is 0 Å². The predicted molar refractivity (Wildman–Crippen MR) is 111 cm³/mol. The maximum atomic E-state index is 11.8. The van der Waals surface area contributed by atoms with E-state index in [1.165, 1.54) is 16.2 Å². The van der Waals surface area contributed by atoms with Crippen molar-refractivity contribution in [1.82, 2.24) is 9.80 Å². The number of ether oxygens (including phenoxy) is 2. The molecule has 6 nitrogen and oxygen atoms in total. The van der Waals surface area contributed by atoms with Crippen molar-refractivity contribution >= 4 is 11.8 Å². The summed E-state index contributed by atoms with van der Waals surface area (Å²) in [5.41, 5.74) is 3.80. The zero-order valence-corrected chi connectivity index (χ0v) is 17.1. The first kappa shape index (κ1) is 20.0. The fourth-order valence-corrected chi connectivity index (χ4v) is 3.40. The molecular weight excluding hydrogens is 354 g/mol. The van der Waals surface area contributed by atoms with Gasteiger partial charge in [0.25, 0.3) is 0 Å². The van der Waals surface area contributed by atoms with E-state index in [0.717, 1.165) is 38.3 Å². The van der Waals surface area contributed by atoms with Gasteiger partial charge in [-0.15, -0.1) is 0 Å². The topological polar surface area (TPSA) is 45.3 Å². The minimum absolute atomic E-state index is 0.418. The largest absolute Gasteiger partial charge is 0.493 e. The van der Waals surface area contributed by atoms with E-state index in [9.17, 15) is 4.79 Å². The van der Waals surface area contributed by atoms with Crippen LogP contribution in [-0.4, -0.2) is 63.3 Å². The summed E-state index contributed by atoms with van der Waals surface area (Å²) < 4.78 is 10.8. The van der Waals surface area contributed by atoms with Crippen molar-refractivity contribution in [2.75, 3.05) is 52.3 Å². The highest BCUT2D eigenvalue weighted by atomic mass is 16.6. The molecule has 0 saturated carbocycles. The third-order valence-electron chi connectivity index (χ3n) is 5.03. The molecular formula is C22H29N3O3. The summed E-state index contributed by atoms with van der Waals surface area (Å²) >= 11 is 0. The van der Waals surface area contributed by atoms with Gasteiger partial charge in [0.1, 0.15) is 0 Å². The average Bonchev–Trinajstić information content (AvgIpc) is 2.70. The summed E-state index contributed by atoms with van der Waals surface area (Å²) in [6.45, 7) is 7.06. The molecule has 1 amide bonds. The third-order valence-corrected chi connectivity index (χ3v) is 5.03. The number of para-hydroxylation sites is 1. The number of hydrogen-bond acceptors (Lipinski definition) is 5. The van der Waals surface area contributed by atoms with E-state index in [1.54, 1.807) is 27.3 Å². The van der Waals surface area contributed by atoms with E-state index in [0.29, 0.717) is 11.5 Å². The lowest BCUT2D eigenvalue weighted by molar-refractivity contribution is 0.170. The molecule has 6 heteroatoms. The molecule has 0 radical (unpaired) electrons. The van der Waals surface area contributed by atoms with Crippen LogP contribution in [-0.2, 0) is 6.54 Å². The van der Waals surface area contributed by atoms with E-state index < -0.39 is 6.09 Å². The standard InChI is InChI=1S/C22H29N3O3/c1-17-7-5-6-8-19(17)25-13-11-24(12-14-25)16-18-9-10-20(21(15-18)27-4)28-22(26)23(2)3/h5-10,15H,11-14,16H2,1-4H3. The molecule has 0 aromatic heterocycles. The van der Waals surface area contributed by atoms with Gasteiger partial charge in [-0.25, -0.2) is 4.79 Å². The Morgan fingerprint density at radius 3 is 2.39 bits per heavy atom. The van der Waals surface area contributed by atoms with Gasteiger partial charge < -0.3 is 19.3 Å². The molecule has 2 aromatic rings. The summed E-state index contributed by atoms with van der Waals surface area (Å²) in [5.74, 6) is 1.01. The number of anilines is 1. The van der Waals surface area contributed by atoms with Crippen LogP contribution in [0.15, 0.2) is 42.5 Å². The molecule has 1 heterocycles. The molecule has 1 fully saturated rings. The molecule has 0 N–H and O–H groups in total. The van der Waals surface area contributed by atoms with Gasteiger partial charge in [0.15, 0.2) is 11.5 Å². The Labute approximate surface area is 167 Å². The van der Waals surface area contributed by atoms with Crippen molar-refractivity contribution < 1.29 is 14.3 Å². The number of amides is 1. The lowest BCUT2D eigenvalue weighted by Gasteiger charge is -2.36. The van der Waals surface area contributed by atoms with Crippen molar-refractivity contribution in [1.29, 1.82) is 0 Å². The first-order valence-corrected chi connectivity index (χ1v) is 9.57. The summed E-state index contributed by atoms with van der Waals surface area (Å²) in [7, 11) is 4.90. The highest BCUT2D eigenvalue weighted by Gasteiger charge is 2.19. The molecule has 0 unspecified atom stereocenters. The maximum Gasteiger partial charge on any atom is 0.414 e. The summed E-state index contributed by atoms with van der Waals surface area (Å²) in [6, 6.07) is 14.3. The normalized spacial score (nSPS) is 14.6. The van der Waals surface area contributed by atoms with Gasteiger partial charge in [0.2, 0.25) is 0 Å². The van der Waals surface area contributed by atoms with Crippen molar-refractivity contribution in [3.8, 4) is 11.5 Å². The van der Waals surface area contributed by atoms with Crippen LogP contribution in [0.4, 0.5) is 10.5 Å². The van der Waals surface area contributed by atoms with Crippen LogP contribution in [0.5, 0.6) is 11.5 Å². The fraction of sp³-hybridized carbons (Fsp3) is 0.409. The third kappa shape index (κ3) is 4.75. The van der Waals surface area contributed by atoms with Crippen LogP contribution in [0, 0.1) is 6.92 Å². The first-order valence-electron chi connectivity index (χ1n) is 9.57. The SMILES string of the molecule is COc1cc(CN2CCN(c3ccccc3C)CC2)ccc1OC(=O)N(C)C. The Kier molecular flexibility index (Phi) is 6.41. The van der Waals surface area contributed by atoms with Crippen molar-refractivity contribution in [3.05, 3.63) is 53.6 Å². The van der Waals surface area contributed by atoms with Crippen LogP contribution in [0.1, 0.15) is 11.1 Å². The zero-order valence-electron chi connectivity index (χ0n) is 17.1. The van der Waals surface area contributed by atoms with E-state index in [-0.39, 0.29) is 0 Å². The maximum absolute atomic E-state index is 11.8. The molecule has 0 bridgehead atoms. The van der Waals surface area contributed by atoms with Crippen molar-refractivity contribution in [2.45, 2.75) is 13.5 Å². The lowest BCUT2D eigenvalue weighted by atomic mass is 10.1. The van der Waals surface area contributed by atoms with Crippen LogP contribution >= 0.6 is 0 Å². The Morgan fingerprint density at radius 1 is 1.04 bits per heavy atom. The summed E-state index contributed by atoms with van der Waals surface area (Å²) in [4.78, 5) is 18.1. The molecule has 3 rings (SSSR count). The van der Waals surface area contributed by atoms with Crippen LogP contribution in [0.25, 0.3) is 0 Å². The monoisotopic (exact) mass is 383 g/mol. The Balaban J connectivity index is 1.60. The van der Waals surface area contributed by atoms with Gasteiger partial charge in [-0.1, -0.05) is 24.3 Å². The fourth-order valence-electron chi connectivity index (χ4n) is 3.40. The van der Waals surface area contributed by atoms with E-state index in [4.69, 9.17) is 9.47 Å². The Bertz CT molecular complexity index is 814. The van der Waals surface area contributed by atoms with E-state index in [2.05, 4.69) is 41.0 Å². The van der Waals surface area contributed by atoms with Crippen molar-refractivity contribution in [2.24, 2.45) is 0 Å². The lowest BCUT2D eigenvalue weighted by Crippen LogP contribution is -2.46. The molecule has 0 spiro atoms. The molecule has 1 saturated heterocycles. The van der Waals surface area contributed by atoms with Crippen LogP contribution in [0.2, 0.25) is 0 Å². The Morgan fingerprint density at radius 2 is 1.75 bits per heavy atom. The molecule has 0 aliphatic carbocycles. The second kappa shape index (κ2) is 8.97. The number of benzene rings is 2. The molecule has 28 heavy (non-hydrogen) atoms. The van der Waals surface area contributed by atoms with Gasteiger partial charge in [-0.3, -0.25) is 4.90 Å². The summed E-state index contributed by atoms with van der Waals surface area (Å²) in [6.07, 6.45) is -0.418. The second-order valence-corrected chi connectivity index (χ2v) is 7.30. The number of hydrogen-bond donors (Lipinski definition) is 0. The van der Waals surface area contributed by atoms with Crippen LogP contribution < -0.4 is 14.4 Å². The number of carbonyl (C=O) groups is 1. The van der Waals surface area contributed by atoms with Gasteiger partial charge >= 0.3 is 6.09 Å². The number of rotatable bonds is 5. The molecule has 2 aromatic carbocycles. The van der Waals surface area contributed by atoms with Gasteiger partial charge in [-0.2, -0.15) is 0 Å². The second-order valence-electron chi connectivity index (χ2n) is 7.30. The highest BCUT2D eigenvalue weighted by molar-refractivity contribution is 5.71. The predicted octanol–water partition coefficient (Wildman–Crippen LogP) is 3.39. The van der Waals surface area contributed by atoms with Gasteiger partial charge in [0.05, 0.1) is 7.11 Å². The number of nitrogens with zero attached hydrogens (tertiary/aromatic N) is 3. The molecule has 1 aliphatic heterocycles. The summed E-state index contributed by atoms with van der Waals surface area (Å²) in [5, 5.41) is 0. The first-order chi connectivity index (χ1) is 13.5. The Hall–Kier alpha value is -2.73. The van der Waals surface area contributed by atoms with Crippen LogP contribution in [0.3, 0.4) is 0 Å².